The zero-order valence-corrected chi connectivity index (χ0v) is 20.8. The number of nitrogens with zero attached hydrogens (tertiary/aromatic N) is 1. The summed E-state index contributed by atoms with van der Waals surface area (Å²) in [6, 6.07) is 0.0689. The van der Waals surface area contributed by atoms with E-state index in [1.807, 2.05) is 0 Å². The van der Waals surface area contributed by atoms with Gasteiger partial charge in [0.05, 0.1) is 19.6 Å². The Bertz CT molecular complexity index is 341. The first-order chi connectivity index (χ1) is 13.3. The van der Waals surface area contributed by atoms with Crippen LogP contribution in [0.5, 0.6) is 0 Å². The molecule has 1 unspecified atom stereocenters. The fourth-order valence-electron chi connectivity index (χ4n) is 3.62. The highest BCUT2D eigenvalue weighted by Crippen LogP contribution is 2.16. The number of nitrogens with one attached hydrogen (secondary N) is 2. The van der Waals surface area contributed by atoms with Crippen molar-refractivity contribution in [1.82, 2.24) is 10.6 Å². The molecule has 0 heterocycles. The van der Waals surface area contributed by atoms with E-state index in [4.69, 9.17) is 14.4 Å². The van der Waals surface area contributed by atoms with Crippen LogP contribution in [-0.4, -0.2) is 91.2 Å². The fraction of sp³-hybridized carbons (Fsp3) is 1.00. The highest BCUT2D eigenvalue weighted by atomic mass is 35.5. The number of aliphatic hydroxyl groups is 1. The molecule has 0 aliphatic heterocycles. The van der Waals surface area contributed by atoms with Crippen molar-refractivity contribution >= 4 is 8.80 Å². The van der Waals surface area contributed by atoms with Gasteiger partial charge >= 0.3 is 8.80 Å². The van der Waals surface area contributed by atoms with Gasteiger partial charge in [0.1, 0.15) is 12.6 Å². The predicted octanol–water partition coefficient (Wildman–Crippen LogP) is -1.95. The maximum Gasteiger partial charge on any atom is 0.492 e. The number of hydrogen-bond donors (Lipinski definition) is 6. The predicted molar refractivity (Wildman–Crippen MR) is 118 cm³/mol. The molecule has 1 atom stereocenters. The van der Waals surface area contributed by atoms with E-state index in [1.165, 1.54) is 58.2 Å². The molecule has 0 amide bonds. The molecule has 0 aliphatic rings. The van der Waals surface area contributed by atoms with Gasteiger partial charge in [-0.15, -0.1) is 0 Å². The number of aliphatic hydroxyl groups excluding tert-OH is 1. The number of unbranched alkanes of at least 4 members (excludes halogenated alkanes) is 3. The summed E-state index contributed by atoms with van der Waals surface area (Å²) in [4.78, 5) is 26.9. The first-order valence-corrected chi connectivity index (χ1v) is 13.4. The Balaban J connectivity index is 0. The van der Waals surface area contributed by atoms with Crippen LogP contribution in [0.1, 0.15) is 65.7 Å². The highest BCUT2D eigenvalue weighted by Gasteiger charge is 2.29. The molecule has 0 aliphatic carbocycles. The number of hydrogen-bond acceptors (Lipinski definition) is 6. The van der Waals surface area contributed by atoms with Crippen molar-refractivity contribution in [2.24, 2.45) is 0 Å². The van der Waals surface area contributed by atoms with Crippen LogP contribution in [0.25, 0.3) is 0 Å². The maximum atomic E-state index is 10.6. The second-order valence-corrected chi connectivity index (χ2v) is 10.3. The lowest BCUT2D eigenvalue weighted by molar-refractivity contribution is -0.931. The van der Waals surface area contributed by atoms with Crippen LogP contribution in [0.2, 0.25) is 6.04 Å². The van der Waals surface area contributed by atoms with Crippen molar-refractivity contribution in [2.45, 2.75) is 77.9 Å². The summed E-state index contributed by atoms with van der Waals surface area (Å²) in [6.45, 7) is 13.8. The summed E-state index contributed by atoms with van der Waals surface area (Å²) in [7, 11) is -3.89. The third-order valence-corrected chi connectivity index (χ3v) is 6.30. The average Bonchev–Trinajstić information content (AvgIpc) is 2.64. The van der Waals surface area contributed by atoms with Gasteiger partial charge in [-0.2, -0.15) is 0 Å². The molecule has 178 valence electrons. The van der Waals surface area contributed by atoms with Gasteiger partial charge in [-0.1, -0.05) is 40.0 Å². The molecule has 0 aromatic rings. The van der Waals surface area contributed by atoms with E-state index in [9.17, 15) is 5.11 Å². The van der Waals surface area contributed by atoms with E-state index in [0.717, 1.165) is 24.1 Å². The number of quaternary nitrogens is 1. The lowest BCUT2D eigenvalue weighted by Crippen LogP contribution is -3.00. The van der Waals surface area contributed by atoms with Gasteiger partial charge in [-0.25, -0.2) is 0 Å². The minimum Gasteiger partial charge on any atom is -1.00 e. The zero-order chi connectivity index (χ0) is 21.3. The summed E-state index contributed by atoms with van der Waals surface area (Å²) < 4.78 is 1.05. The van der Waals surface area contributed by atoms with Gasteiger partial charge in [0, 0.05) is 25.7 Å². The smallest absolute Gasteiger partial charge is 0.492 e. The first-order valence-electron chi connectivity index (χ1n) is 11.4. The molecule has 0 aromatic heterocycles. The topological polar surface area (TPSA) is 105 Å². The standard InChI is InChI=1S/C20H48N3O4Si.ClH/c1-4-7-14-23(15-8-5-2,16-9-6-3)19-20(24)18-22-13-12-21-11-10-17-28(25,26)27;/h20-22,24-27H,4-19H2,1-3H3;1H/q+1;/p-1. The van der Waals surface area contributed by atoms with Gasteiger partial charge in [-0.3, -0.25) is 0 Å². The molecule has 6 N–H and O–H groups in total. The van der Waals surface area contributed by atoms with E-state index in [2.05, 4.69) is 31.4 Å². The number of rotatable bonds is 20. The van der Waals surface area contributed by atoms with Crippen LogP contribution in [-0.2, 0) is 0 Å². The second-order valence-electron chi connectivity index (χ2n) is 8.24. The van der Waals surface area contributed by atoms with Crippen LogP contribution < -0.4 is 23.0 Å². The molecule has 7 nitrogen and oxygen atoms in total. The Labute approximate surface area is 186 Å². The molecule has 0 saturated carbocycles. The third-order valence-electron chi connectivity index (χ3n) is 5.28. The van der Waals surface area contributed by atoms with Gasteiger partial charge in [0.25, 0.3) is 0 Å². The van der Waals surface area contributed by atoms with Crippen molar-refractivity contribution in [3.8, 4) is 0 Å². The van der Waals surface area contributed by atoms with Crippen LogP contribution in [0.4, 0.5) is 0 Å². The van der Waals surface area contributed by atoms with E-state index in [0.29, 0.717) is 19.5 Å². The van der Waals surface area contributed by atoms with Crippen molar-refractivity contribution in [3.63, 3.8) is 0 Å². The van der Waals surface area contributed by atoms with Gasteiger partial charge in [-0.05, 0) is 32.2 Å². The molecular formula is C20H48ClN3O4Si. The Morgan fingerprint density at radius 1 is 0.759 bits per heavy atom. The van der Waals surface area contributed by atoms with Crippen molar-refractivity contribution in [1.29, 1.82) is 0 Å². The van der Waals surface area contributed by atoms with Crippen molar-refractivity contribution < 1.29 is 36.4 Å². The summed E-state index contributed by atoms with van der Waals surface area (Å²) in [5.41, 5.74) is 0. The van der Waals surface area contributed by atoms with Crippen LogP contribution in [0.15, 0.2) is 0 Å². The molecule has 0 rings (SSSR count). The minimum atomic E-state index is -3.89. The van der Waals surface area contributed by atoms with E-state index < -0.39 is 8.80 Å². The SMILES string of the molecule is CCCC[N+](CCCC)(CCCC)CC(O)CNCCNCCC[Si](O)(O)O.[Cl-]. The highest BCUT2D eigenvalue weighted by molar-refractivity contribution is 6.56. The normalized spacial score (nSPS) is 13.3. The van der Waals surface area contributed by atoms with E-state index >= 15 is 0 Å². The number of halogens is 1. The quantitative estimate of drug-likeness (QED) is 0.0721. The molecule has 29 heavy (non-hydrogen) atoms. The maximum absolute atomic E-state index is 10.6. The Morgan fingerprint density at radius 2 is 1.24 bits per heavy atom. The van der Waals surface area contributed by atoms with Crippen molar-refractivity contribution in [2.75, 3.05) is 52.4 Å². The van der Waals surface area contributed by atoms with Crippen molar-refractivity contribution in [3.05, 3.63) is 0 Å². The molecule has 0 bridgehead atoms. The summed E-state index contributed by atoms with van der Waals surface area (Å²) >= 11 is 0. The van der Waals surface area contributed by atoms with Gasteiger partial charge in [0.2, 0.25) is 0 Å². The van der Waals surface area contributed by atoms with E-state index in [-0.39, 0.29) is 24.6 Å². The molecular weight excluding hydrogens is 410 g/mol. The lowest BCUT2D eigenvalue weighted by Gasteiger charge is -2.40. The van der Waals surface area contributed by atoms with Crippen LogP contribution >= 0.6 is 0 Å². The Hall–Kier alpha value is 0.227. The van der Waals surface area contributed by atoms with Crippen LogP contribution in [0, 0.1) is 0 Å². The van der Waals surface area contributed by atoms with Gasteiger partial charge in [0.15, 0.2) is 0 Å². The largest absolute Gasteiger partial charge is 1.00 e. The van der Waals surface area contributed by atoms with Gasteiger partial charge < -0.3 is 47.0 Å². The second kappa shape index (κ2) is 19.0. The monoisotopic (exact) mass is 457 g/mol. The molecule has 0 aromatic carbocycles. The molecule has 0 saturated heterocycles. The summed E-state index contributed by atoms with van der Waals surface area (Å²) in [6.07, 6.45) is 7.46. The minimum absolute atomic E-state index is 0. The lowest BCUT2D eigenvalue weighted by atomic mass is 10.1. The molecule has 0 radical (unpaired) electrons. The molecule has 0 fully saturated rings. The fourth-order valence-corrected chi connectivity index (χ4v) is 4.27. The van der Waals surface area contributed by atoms with Crippen LogP contribution in [0.3, 0.4) is 0 Å². The molecule has 0 spiro atoms. The zero-order valence-electron chi connectivity index (χ0n) is 19.0. The summed E-state index contributed by atoms with van der Waals surface area (Å²) in [5, 5.41) is 17.2. The molecule has 9 heteroatoms. The Kier molecular flexibility index (Phi) is 20.5. The average molecular weight is 458 g/mol. The van der Waals surface area contributed by atoms with E-state index in [1.54, 1.807) is 0 Å². The third kappa shape index (κ3) is 18.7. The first kappa shape index (κ1) is 31.4. The summed E-state index contributed by atoms with van der Waals surface area (Å²) in [5.74, 6) is 0. The Morgan fingerprint density at radius 3 is 1.69 bits per heavy atom.